The number of sulfonamides is 1. The second-order valence-electron chi connectivity index (χ2n) is 9.22. The van der Waals surface area contributed by atoms with E-state index in [0.717, 1.165) is 31.1 Å². The number of rotatable bonds is 7. The normalized spacial score (nSPS) is 16.6. The molecule has 2 N–H and O–H groups in total. The number of benzene rings is 3. The highest BCUT2D eigenvalue weighted by Crippen LogP contribution is 2.24. The van der Waals surface area contributed by atoms with Crippen LogP contribution in [0.5, 0.6) is 0 Å². The van der Waals surface area contributed by atoms with Crippen LogP contribution in [0.2, 0.25) is 5.02 Å². The Kier molecular flexibility index (Phi) is 7.79. The van der Waals surface area contributed by atoms with E-state index in [1.165, 1.54) is 30.5 Å². The summed E-state index contributed by atoms with van der Waals surface area (Å²) in [5.41, 5.74) is 3.44. The van der Waals surface area contributed by atoms with Crippen LogP contribution < -0.4 is 10.0 Å². The molecule has 1 heterocycles. The summed E-state index contributed by atoms with van der Waals surface area (Å²) >= 11 is 5.99. The molecule has 1 saturated heterocycles. The number of likely N-dealkylation sites (tertiary alicyclic amines) is 1. The molecule has 8 heteroatoms. The van der Waals surface area contributed by atoms with Crippen LogP contribution in [0, 0.1) is 12.8 Å². The van der Waals surface area contributed by atoms with Gasteiger partial charge in [-0.25, -0.2) is 8.42 Å². The number of hydrogen-bond acceptors (Lipinski definition) is 4. The second kappa shape index (κ2) is 10.8. The highest BCUT2D eigenvalue weighted by molar-refractivity contribution is 7.92. The first-order valence-corrected chi connectivity index (χ1v) is 13.6. The number of carbonyl (C=O) groups excluding carboxylic acids is 1. The third kappa shape index (κ3) is 6.63. The standard InChI is InChI=1S/C27H30ClN3O3S/c1-19-4-3-15-31(17-19)18-21-6-8-22(9-7-21)27(32)29-24-11-13-25(14-12-24)35(33,34)30-26-16-23(28)10-5-20(26)2/h5-14,16,19,30H,3-4,15,17-18H2,1-2H3,(H,29,32). The fourth-order valence-corrected chi connectivity index (χ4v) is 5.57. The van der Waals surface area contributed by atoms with Crippen LogP contribution in [0.4, 0.5) is 11.4 Å². The molecule has 1 aliphatic rings. The number of carbonyl (C=O) groups is 1. The number of nitrogens with one attached hydrogen (secondary N) is 2. The zero-order valence-corrected chi connectivity index (χ0v) is 21.5. The van der Waals surface area contributed by atoms with Gasteiger partial charge in [0, 0.05) is 29.4 Å². The average molecular weight is 512 g/mol. The topological polar surface area (TPSA) is 78.5 Å². The minimum absolute atomic E-state index is 0.0891. The van der Waals surface area contributed by atoms with E-state index >= 15 is 0 Å². The lowest BCUT2D eigenvalue weighted by molar-refractivity contribution is 0.102. The maximum Gasteiger partial charge on any atom is 0.261 e. The molecule has 6 nitrogen and oxygen atoms in total. The summed E-state index contributed by atoms with van der Waals surface area (Å²) in [5.74, 6) is 0.485. The first-order valence-electron chi connectivity index (χ1n) is 11.7. The molecule has 3 aromatic rings. The number of hydrogen-bond donors (Lipinski definition) is 2. The van der Waals surface area contributed by atoms with E-state index in [4.69, 9.17) is 11.6 Å². The molecule has 35 heavy (non-hydrogen) atoms. The predicted octanol–water partition coefficient (Wildman–Crippen LogP) is 5.93. The largest absolute Gasteiger partial charge is 0.322 e. The van der Waals surface area contributed by atoms with Crippen LogP contribution in [0.15, 0.2) is 71.6 Å². The van der Waals surface area contributed by atoms with Crippen LogP contribution >= 0.6 is 11.6 Å². The van der Waals surface area contributed by atoms with Gasteiger partial charge < -0.3 is 5.32 Å². The summed E-state index contributed by atoms with van der Waals surface area (Å²) < 4.78 is 28.1. The van der Waals surface area contributed by atoms with E-state index in [2.05, 4.69) is 21.9 Å². The van der Waals surface area contributed by atoms with E-state index < -0.39 is 10.0 Å². The number of aryl methyl sites for hydroxylation is 1. The van der Waals surface area contributed by atoms with Gasteiger partial charge >= 0.3 is 0 Å². The quantitative estimate of drug-likeness (QED) is 0.412. The van der Waals surface area contributed by atoms with E-state index in [0.29, 0.717) is 22.0 Å². The predicted molar refractivity (Wildman–Crippen MR) is 142 cm³/mol. The summed E-state index contributed by atoms with van der Waals surface area (Å²) in [7, 11) is -3.80. The molecule has 3 aromatic carbocycles. The fourth-order valence-electron chi connectivity index (χ4n) is 4.28. The first-order chi connectivity index (χ1) is 16.7. The summed E-state index contributed by atoms with van der Waals surface area (Å²) in [4.78, 5) is 15.2. The monoisotopic (exact) mass is 511 g/mol. The third-order valence-corrected chi connectivity index (χ3v) is 7.85. The van der Waals surface area contributed by atoms with Crippen LogP contribution in [0.3, 0.4) is 0 Å². The van der Waals surface area contributed by atoms with Crippen molar-refractivity contribution in [2.75, 3.05) is 23.1 Å². The minimum atomic E-state index is -3.80. The van der Waals surface area contributed by atoms with Gasteiger partial charge in [-0.2, -0.15) is 0 Å². The molecule has 1 atom stereocenters. The highest BCUT2D eigenvalue weighted by Gasteiger charge is 2.17. The van der Waals surface area contributed by atoms with E-state index in [1.54, 1.807) is 37.3 Å². The van der Waals surface area contributed by atoms with Crippen molar-refractivity contribution in [2.24, 2.45) is 5.92 Å². The number of amides is 1. The molecule has 0 radical (unpaired) electrons. The van der Waals surface area contributed by atoms with Crippen LogP contribution in [0.1, 0.15) is 41.3 Å². The van der Waals surface area contributed by atoms with Crippen molar-refractivity contribution < 1.29 is 13.2 Å². The SMILES string of the molecule is Cc1ccc(Cl)cc1NS(=O)(=O)c1ccc(NC(=O)c2ccc(CN3CCCC(C)C3)cc2)cc1. The summed E-state index contributed by atoms with van der Waals surface area (Å²) in [6.45, 7) is 7.21. The third-order valence-electron chi connectivity index (χ3n) is 6.23. The van der Waals surface area contributed by atoms with Crippen molar-refractivity contribution in [3.8, 4) is 0 Å². The smallest absolute Gasteiger partial charge is 0.261 e. The van der Waals surface area contributed by atoms with Gasteiger partial charge in [0.25, 0.3) is 15.9 Å². The number of halogens is 1. The van der Waals surface area contributed by atoms with Crippen molar-refractivity contribution in [1.82, 2.24) is 4.90 Å². The summed E-state index contributed by atoms with van der Waals surface area (Å²) in [6.07, 6.45) is 2.53. The highest BCUT2D eigenvalue weighted by atomic mass is 35.5. The molecule has 0 spiro atoms. The molecule has 0 bridgehead atoms. The summed E-state index contributed by atoms with van der Waals surface area (Å²) in [6, 6.07) is 18.7. The Morgan fingerprint density at radius 2 is 1.77 bits per heavy atom. The van der Waals surface area contributed by atoms with E-state index in [-0.39, 0.29) is 10.8 Å². The van der Waals surface area contributed by atoms with Gasteiger partial charge in [0.15, 0.2) is 0 Å². The maximum absolute atomic E-state index is 12.8. The van der Waals surface area contributed by atoms with E-state index in [1.807, 2.05) is 24.3 Å². The Morgan fingerprint density at radius 1 is 1.06 bits per heavy atom. The summed E-state index contributed by atoms with van der Waals surface area (Å²) in [5, 5.41) is 3.27. The van der Waals surface area contributed by atoms with Gasteiger partial charge in [0.05, 0.1) is 10.6 Å². The molecule has 4 rings (SSSR count). The molecular formula is C27H30ClN3O3S. The first kappa shape index (κ1) is 25.2. The molecule has 184 valence electrons. The van der Waals surface area contributed by atoms with Crippen LogP contribution in [-0.4, -0.2) is 32.3 Å². The lowest BCUT2D eigenvalue weighted by Gasteiger charge is -2.30. The van der Waals surface area contributed by atoms with Gasteiger partial charge in [-0.3, -0.25) is 14.4 Å². The maximum atomic E-state index is 12.8. The molecular weight excluding hydrogens is 482 g/mol. The zero-order valence-electron chi connectivity index (χ0n) is 19.9. The minimum Gasteiger partial charge on any atom is -0.322 e. The zero-order chi connectivity index (χ0) is 25.0. The molecule has 1 aliphatic heterocycles. The number of piperidine rings is 1. The fraction of sp³-hybridized carbons (Fsp3) is 0.296. The van der Waals surface area contributed by atoms with Crippen molar-refractivity contribution in [3.05, 3.63) is 88.4 Å². The van der Waals surface area contributed by atoms with Crippen LogP contribution in [0.25, 0.3) is 0 Å². The molecule has 0 saturated carbocycles. The van der Waals surface area contributed by atoms with E-state index in [9.17, 15) is 13.2 Å². The van der Waals surface area contributed by atoms with Crippen molar-refractivity contribution in [2.45, 2.75) is 38.1 Å². The molecule has 0 aromatic heterocycles. The molecule has 1 unspecified atom stereocenters. The number of anilines is 2. The Morgan fingerprint density at radius 3 is 2.46 bits per heavy atom. The van der Waals surface area contributed by atoms with Gasteiger partial charge in [-0.1, -0.05) is 36.7 Å². The van der Waals surface area contributed by atoms with Gasteiger partial charge in [-0.15, -0.1) is 0 Å². The van der Waals surface area contributed by atoms with Crippen molar-refractivity contribution in [1.29, 1.82) is 0 Å². The molecule has 0 aliphatic carbocycles. The van der Waals surface area contributed by atoms with Gasteiger partial charge in [0.1, 0.15) is 0 Å². The van der Waals surface area contributed by atoms with Crippen molar-refractivity contribution in [3.63, 3.8) is 0 Å². The Hall–Kier alpha value is -2.87. The van der Waals surface area contributed by atoms with Gasteiger partial charge in [-0.05, 0) is 91.9 Å². The van der Waals surface area contributed by atoms with Crippen LogP contribution in [-0.2, 0) is 16.6 Å². The lowest BCUT2D eigenvalue weighted by atomic mass is 9.99. The average Bonchev–Trinajstić information content (AvgIpc) is 2.82. The second-order valence-corrected chi connectivity index (χ2v) is 11.3. The van der Waals surface area contributed by atoms with Crippen molar-refractivity contribution >= 4 is 38.9 Å². The number of nitrogens with zero attached hydrogens (tertiary/aromatic N) is 1. The Bertz CT molecular complexity index is 1290. The molecule has 1 fully saturated rings. The lowest BCUT2D eigenvalue weighted by Crippen LogP contribution is -2.33. The molecule has 1 amide bonds. The Balaban J connectivity index is 1.37. The Labute approximate surface area is 212 Å². The van der Waals surface area contributed by atoms with Gasteiger partial charge in [0.2, 0.25) is 0 Å².